The minimum absolute atomic E-state index is 0.0242. The zero-order valence-corrected chi connectivity index (χ0v) is 13.5. The number of amides is 1. The molecule has 3 rings (SSSR count). The lowest BCUT2D eigenvalue weighted by atomic mass is 10.1. The summed E-state index contributed by atoms with van der Waals surface area (Å²) in [5.41, 5.74) is 0.992. The predicted octanol–water partition coefficient (Wildman–Crippen LogP) is 3.84. The van der Waals surface area contributed by atoms with Crippen molar-refractivity contribution in [1.29, 1.82) is 0 Å². The number of carbonyl (C=O) groups is 2. The van der Waals surface area contributed by atoms with Crippen molar-refractivity contribution >= 4 is 17.6 Å². The molecule has 1 aliphatic rings. The van der Waals surface area contributed by atoms with Gasteiger partial charge in [-0.05, 0) is 43.2 Å². The molecule has 0 unspecified atom stereocenters. The summed E-state index contributed by atoms with van der Waals surface area (Å²) in [7, 11) is 0. The average Bonchev–Trinajstić information content (AvgIpc) is 2.63. The summed E-state index contributed by atoms with van der Waals surface area (Å²) < 4.78 is 31.7. The largest absolute Gasteiger partial charge is 0.457 e. The Labute approximate surface area is 144 Å². The van der Waals surface area contributed by atoms with Gasteiger partial charge in [0.15, 0.2) is 11.6 Å². The van der Waals surface area contributed by atoms with E-state index in [1.165, 1.54) is 12.1 Å². The van der Waals surface area contributed by atoms with Crippen molar-refractivity contribution in [3.05, 3.63) is 65.2 Å². The van der Waals surface area contributed by atoms with Crippen LogP contribution in [0.25, 0.3) is 0 Å². The van der Waals surface area contributed by atoms with E-state index in [1.807, 2.05) is 0 Å². The van der Waals surface area contributed by atoms with Gasteiger partial charge in [-0.2, -0.15) is 0 Å². The van der Waals surface area contributed by atoms with Crippen LogP contribution in [-0.4, -0.2) is 18.4 Å². The first-order chi connectivity index (χ1) is 12.1. The van der Waals surface area contributed by atoms with E-state index in [0.717, 1.165) is 24.6 Å². The fourth-order valence-corrected chi connectivity index (χ4v) is 2.74. The minimum Gasteiger partial charge on any atom is -0.457 e. The monoisotopic (exact) mass is 345 g/mol. The first kappa shape index (κ1) is 17.1. The Bertz CT molecular complexity index is 790. The fourth-order valence-electron chi connectivity index (χ4n) is 2.74. The third-order valence-corrected chi connectivity index (χ3v) is 4.13. The number of carbonyl (C=O) groups excluding carboxylic acids is 2. The summed E-state index contributed by atoms with van der Waals surface area (Å²) in [6.07, 6.45) is 2.38. The van der Waals surface area contributed by atoms with Gasteiger partial charge in [0.25, 0.3) is 0 Å². The van der Waals surface area contributed by atoms with Crippen LogP contribution < -0.4 is 4.90 Å². The molecule has 2 aromatic rings. The summed E-state index contributed by atoms with van der Waals surface area (Å²) >= 11 is 0. The van der Waals surface area contributed by atoms with E-state index in [2.05, 4.69) is 0 Å². The number of piperidine rings is 1. The van der Waals surface area contributed by atoms with E-state index in [4.69, 9.17) is 4.74 Å². The van der Waals surface area contributed by atoms with E-state index in [-0.39, 0.29) is 23.6 Å². The molecule has 130 valence electrons. The molecule has 1 fully saturated rings. The molecule has 2 aromatic carbocycles. The van der Waals surface area contributed by atoms with Crippen molar-refractivity contribution in [2.45, 2.75) is 25.9 Å². The van der Waals surface area contributed by atoms with E-state index < -0.39 is 17.6 Å². The number of esters is 1. The van der Waals surface area contributed by atoms with Crippen molar-refractivity contribution in [2.75, 3.05) is 11.4 Å². The molecule has 0 bridgehead atoms. The number of rotatable bonds is 4. The summed E-state index contributed by atoms with van der Waals surface area (Å²) in [4.78, 5) is 25.6. The topological polar surface area (TPSA) is 46.6 Å². The highest BCUT2D eigenvalue weighted by molar-refractivity contribution is 5.95. The van der Waals surface area contributed by atoms with Crippen LogP contribution in [0.4, 0.5) is 14.5 Å². The minimum atomic E-state index is -1.02. The van der Waals surface area contributed by atoms with Gasteiger partial charge in [0.2, 0.25) is 5.91 Å². The summed E-state index contributed by atoms with van der Waals surface area (Å²) in [5.74, 6) is -2.57. The normalized spacial score (nSPS) is 14.5. The Morgan fingerprint density at radius 2 is 1.84 bits per heavy atom. The van der Waals surface area contributed by atoms with Gasteiger partial charge in [-0.25, -0.2) is 13.6 Å². The van der Waals surface area contributed by atoms with Gasteiger partial charge in [0.1, 0.15) is 6.61 Å². The van der Waals surface area contributed by atoms with Crippen LogP contribution >= 0.6 is 0 Å². The molecule has 0 saturated carbocycles. The number of halogens is 2. The quantitative estimate of drug-likeness (QED) is 0.791. The molecule has 1 amide bonds. The molecule has 0 spiro atoms. The van der Waals surface area contributed by atoms with Gasteiger partial charge in [0.05, 0.1) is 5.56 Å². The first-order valence-electron chi connectivity index (χ1n) is 8.06. The maximum Gasteiger partial charge on any atom is 0.338 e. The average molecular weight is 345 g/mol. The van der Waals surface area contributed by atoms with Gasteiger partial charge in [-0.3, -0.25) is 4.79 Å². The molecule has 0 N–H and O–H groups in total. The Morgan fingerprint density at radius 3 is 2.56 bits per heavy atom. The molecule has 4 nitrogen and oxygen atoms in total. The second-order valence-corrected chi connectivity index (χ2v) is 5.84. The second kappa shape index (κ2) is 7.42. The van der Waals surface area contributed by atoms with E-state index in [0.29, 0.717) is 13.0 Å². The number of ether oxygens (including phenoxy) is 1. The predicted molar refractivity (Wildman–Crippen MR) is 88.1 cm³/mol. The van der Waals surface area contributed by atoms with Gasteiger partial charge < -0.3 is 9.64 Å². The lowest BCUT2D eigenvalue weighted by molar-refractivity contribution is -0.119. The second-order valence-electron chi connectivity index (χ2n) is 5.84. The summed E-state index contributed by atoms with van der Waals surface area (Å²) in [6.45, 7) is 0.316. The zero-order chi connectivity index (χ0) is 17.8. The molecule has 0 aromatic heterocycles. The van der Waals surface area contributed by atoms with Crippen LogP contribution in [0.2, 0.25) is 0 Å². The van der Waals surface area contributed by atoms with E-state index in [1.54, 1.807) is 29.2 Å². The lowest BCUT2D eigenvalue weighted by Gasteiger charge is -2.26. The summed E-state index contributed by atoms with van der Waals surface area (Å²) in [6, 6.07) is 10.2. The van der Waals surface area contributed by atoms with Crippen molar-refractivity contribution in [3.63, 3.8) is 0 Å². The van der Waals surface area contributed by atoms with Crippen LogP contribution in [0.15, 0.2) is 42.5 Å². The molecule has 1 aliphatic heterocycles. The standard InChI is InChI=1S/C19H17F2NO3/c20-16-5-3-4-14(18(16)21)12-25-19(24)13-7-9-15(10-8-13)22-11-2-1-6-17(22)23/h3-5,7-10H,1-2,6,11-12H2. The molecule has 25 heavy (non-hydrogen) atoms. The van der Waals surface area contributed by atoms with Crippen molar-refractivity contribution < 1.29 is 23.1 Å². The number of anilines is 1. The van der Waals surface area contributed by atoms with Crippen molar-refractivity contribution in [1.82, 2.24) is 0 Å². The van der Waals surface area contributed by atoms with Crippen molar-refractivity contribution in [2.24, 2.45) is 0 Å². The zero-order valence-electron chi connectivity index (χ0n) is 13.5. The molecular weight excluding hydrogens is 328 g/mol. The van der Waals surface area contributed by atoms with Crippen LogP contribution in [0.1, 0.15) is 35.2 Å². The Morgan fingerprint density at radius 1 is 1.08 bits per heavy atom. The molecule has 6 heteroatoms. The van der Waals surface area contributed by atoms with Gasteiger partial charge in [-0.1, -0.05) is 12.1 Å². The van der Waals surface area contributed by atoms with Crippen LogP contribution in [0.3, 0.4) is 0 Å². The lowest BCUT2D eigenvalue weighted by Crippen LogP contribution is -2.35. The highest BCUT2D eigenvalue weighted by Crippen LogP contribution is 2.22. The first-order valence-corrected chi connectivity index (χ1v) is 8.06. The Hall–Kier alpha value is -2.76. The molecule has 1 saturated heterocycles. The Kier molecular flexibility index (Phi) is 5.07. The number of benzene rings is 2. The van der Waals surface area contributed by atoms with E-state index >= 15 is 0 Å². The van der Waals surface area contributed by atoms with Crippen molar-refractivity contribution in [3.8, 4) is 0 Å². The number of hydrogen-bond donors (Lipinski definition) is 0. The molecule has 1 heterocycles. The summed E-state index contributed by atoms with van der Waals surface area (Å²) in [5, 5.41) is 0. The van der Waals surface area contributed by atoms with Crippen LogP contribution in [-0.2, 0) is 16.1 Å². The third-order valence-electron chi connectivity index (χ3n) is 4.13. The Balaban J connectivity index is 1.64. The molecule has 0 aliphatic carbocycles. The van der Waals surface area contributed by atoms with Crippen LogP contribution in [0.5, 0.6) is 0 Å². The van der Waals surface area contributed by atoms with Gasteiger partial charge in [0, 0.05) is 24.2 Å². The SMILES string of the molecule is O=C(OCc1cccc(F)c1F)c1ccc(N2CCCCC2=O)cc1. The van der Waals surface area contributed by atoms with Gasteiger partial charge >= 0.3 is 5.97 Å². The molecular formula is C19H17F2NO3. The maximum atomic E-state index is 13.5. The highest BCUT2D eigenvalue weighted by Gasteiger charge is 2.20. The fraction of sp³-hybridized carbons (Fsp3) is 0.263. The molecule has 0 radical (unpaired) electrons. The highest BCUT2D eigenvalue weighted by atomic mass is 19.2. The number of hydrogen-bond acceptors (Lipinski definition) is 3. The maximum absolute atomic E-state index is 13.5. The third kappa shape index (κ3) is 3.84. The smallest absolute Gasteiger partial charge is 0.338 e. The van der Waals surface area contributed by atoms with Gasteiger partial charge in [-0.15, -0.1) is 0 Å². The molecule has 0 atom stereocenters. The number of nitrogens with zero attached hydrogens (tertiary/aromatic N) is 1. The van der Waals surface area contributed by atoms with E-state index in [9.17, 15) is 18.4 Å². The van der Waals surface area contributed by atoms with Crippen LogP contribution in [0, 0.1) is 11.6 Å².